The van der Waals surface area contributed by atoms with E-state index in [4.69, 9.17) is 4.74 Å². The van der Waals surface area contributed by atoms with Crippen LogP contribution in [0.1, 0.15) is 22.0 Å². The third-order valence-electron chi connectivity index (χ3n) is 5.53. The van der Waals surface area contributed by atoms with E-state index in [1.807, 2.05) is 18.2 Å². The summed E-state index contributed by atoms with van der Waals surface area (Å²) in [5.74, 6) is 0.704. The molecule has 1 atom stereocenters. The molecular formula is C22H29N5O2. The van der Waals surface area contributed by atoms with E-state index in [-0.39, 0.29) is 11.9 Å². The van der Waals surface area contributed by atoms with E-state index in [0.29, 0.717) is 12.1 Å². The van der Waals surface area contributed by atoms with Crippen molar-refractivity contribution in [2.45, 2.75) is 6.04 Å². The first kappa shape index (κ1) is 19.8. The summed E-state index contributed by atoms with van der Waals surface area (Å²) in [6.45, 7) is 7.33. The van der Waals surface area contributed by atoms with Gasteiger partial charge in [0.25, 0.3) is 5.91 Å². The van der Waals surface area contributed by atoms with E-state index < -0.39 is 0 Å². The van der Waals surface area contributed by atoms with Gasteiger partial charge in [-0.15, -0.1) is 0 Å². The van der Waals surface area contributed by atoms with Crippen LogP contribution in [0.25, 0.3) is 0 Å². The van der Waals surface area contributed by atoms with E-state index in [9.17, 15) is 4.79 Å². The number of hydrogen-bond acceptors (Lipinski definition) is 6. The van der Waals surface area contributed by atoms with E-state index in [0.717, 1.165) is 58.3 Å². The fraction of sp³-hybridized carbons (Fsp3) is 0.455. The van der Waals surface area contributed by atoms with Crippen molar-refractivity contribution in [2.24, 2.45) is 0 Å². The van der Waals surface area contributed by atoms with Gasteiger partial charge < -0.3 is 20.3 Å². The van der Waals surface area contributed by atoms with E-state index in [1.54, 1.807) is 6.20 Å². The van der Waals surface area contributed by atoms with Crippen LogP contribution in [0.2, 0.25) is 0 Å². The van der Waals surface area contributed by atoms with E-state index in [2.05, 4.69) is 49.7 Å². The van der Waals surface area contributed by atoms with Gasteiger partial charge in [0.05, 0.1) is 18.8 Å². The number of hydrogen-bond donors (Lipinski definition) is 2. The van der Waals surface area contributed by atoms with Gasteiger partial charge in [-0.1, -0.05) is 30.3 Å². The number of anilines is 1. The number of carbonyl (C=O) groups is 1. The van der Waals surface area contributed by atoms with Crippen molar-refractivity contribution >= 4 is 11.7 Å². The summed E-state index contributed by atoms with van der Waals surface area (Å²) in [7, 11) is 0. The minimum absolute atomic E-state index is 0.0591. The maximum absolute atomic E-state index is 12.9. The molecule has 29 heavy (non-hydrogen) atoms. The van der Waals surface area contributed by atoms with Crippen molar-refractivity contribution in [3.05, 3.63) is 59.8 Å². The van der Waals surface area contributed by atoms with Crippen LogP contribution in [-0.2, 0) is 4.74 Å². The Morgan fingerprint density at radius 1 is 1.14 bits per heavy atom. The first-order chi connectivity index (χ1) is 14.3. The molecule has 0 radical (unpaired) electrons. The summed E-state index contributed by atoms with van der Waals surface area (Å²) >= 11 is 0. The molecule has 1 amide bonds. The topological polar surface area (TPSA) is 69.7 Å². The third kappa shape index (κ3) is 5.12. The summed E-state index contributed by atoms with van der Waals surface area (Å²) < 4.78 is 5.37. The monoisotopic (exact) mass is 395 g/mol. The maximum atomic E-state index is 12.9. The highest BCUT2D eigenvalue weighted by Crippen LogP contribution is 2.23. The van der Waals surface area contributed by atoms with Crippen LogP contribution in [-0.4, -0.2) is 74.8 Å². The van der Waals surface area contributed by atoms with Crippen LogP contribution >= 0.6 is 0 Å². The van der Waals surface area contributed by atoms with Crippen LogP contribution in [0.4, 0.5) is 5.82 Å². The minimum atomic E-state index is -0.0591. The Kier molecular flexibility index (Phi) is 6.71. The summed E-state index contributed by atoms with van der Waals surface area (Å²) in [5.41, 5.74) is 1.90. The Labute approximate surface area is 172 Å². The molecule has 7 heteroatoms. The normalized spacial score (nSPS) is 20.4. The molecular weight excluding hydrogens is 366 g/mol. The average Bonchev–Trinajstić information content (AvgIpc) is 2.80. The van der Waals surface area contributed by atoms with Gasteiger partial charge in [-0.3, -0.25) is 9.69 Å². The molecule has 2 aliphatic rings. The lowest BCUT2D eigenvalue weighted by molar-refractivity contribution is 0.0383. The number of piperazine rings is 1. The molecule has 2 aromatic rings. The second kappa shape index (κ2) is 9.82. The first-order valence-electron chi connectivity index (χ1n) is 10.4. The lowest BCUT2D eigenvalue weighted by atomic mass is 10.0. The SMILES string of the molecule is O=C(NCCN1CCOCC1)c1cccnc1N1CCN[C@@H](c2ccccc2)C1. The molecule has 2 saturated heterocycles. The van der Waals surface area contributed by atoms with Gasteiger partial charge in [0.15, 0.2) is 0 Å². The quantitative estimate of drug-likeness (QED) is 0.768. The Balaban J connectivity index is 1.40. The molecule has 2 aliphatic heterocycles. The number of benzene rings is 1. The summed E-state index contributed by atoms with van der Waals surface area (Å²) in [4.78, 5) is 22.0. The largest absolute Gasteiger partial charge is 0.379 e. The number of rotatable bonds is 6. The molecule has 0 unspecified atom stereocenters. The Bertz CT molecular complexity index is 795. The Morgan fingerprint density at radius 3 is 2.79 bits per heavy atom. The predicted octanol–water partition coefficient (Wildman–Crippen LogP) is 1.29. The van der Waals surface area contributed by atoms with Gasteiger partial charge in [0.2, 0.25) is 0 Å². The fourth-order valence-electron chi connectivity index (χ4n) is 3.92. The molecule has 7 nitrogen and oxygen atoms in total. The fourth-order valence-corrected chi connectivity index (χ4v) is 3.92. The molecule has 154 valence electrons. The molecule has 1 aromatic carbocycles. The zero-order valence-corrected chi connectivity index (χ0v) is 16.7. The van der Waals surface area contributed by atoms with Crippen molar-refractivity contribution < 1.29 is 9.53 Å². The molecule has 3 heterocycles. The number of amides is 1. The summed E-state index contributed by atoms with van der Waals surface area (Å²) in [6, 6.07) is 14.3. The number of ether oxygens (including phenoxy) is 1. The van der Waals surface area contributed by atoms with Gasteiger partial charge in [0.1, 0.15) is 5.82 Å². The highest BCUT2D eigenvalue weighted by atomic mass is 16.5. The van der Waals surface area contributed by atoms with Gasteiger partial charge >= 0.3 is 0 Å². The molecule has 1 aromatic heterocycles. The number of nitrogens with zero attached hydrogens (tertiary/aromatic N) is 3. The standard InChI is InChI=1S/C22H29N5O2/c28-22(25-9-11-26-13-15-29-16-14-26)19-7-4-8-24-21(19)27-12-10-23-20(17-27)18-5-2-1-3-6-18/h1-8,20,23H,9-17H2,(H,25,28)/t20-/m1/s1. The second-order valence-electron chi connectivity index (χ2n) is 7.45. The molecule has 0 saturated carbocycles. The van der Waals surface area contributed by atoms with Gasteiger partial charge in [-0.05, 0) is 17.7 Å². The molecule has 0 aliphatic carbocycles. The summed E-state index contributed by atoms with van der Waals surface area (Å²) in [5, 5.41) is 6.63. The highest BCUT2D eigenvalue weighted by Gasteiger charge is 2.25. The number of aromatic nitrogens is 1. The van der Waals surface area contributed by atoms with Crippen molar-refractivity contribution in [1.29, 1.82) is 0 Å². The van der Waals surface area contributed by atoms with E-state index >= 15 is 0 Å². The Morgan fingerprint density at radius 2 is 1.97 bits per heavy atom. The minimum Gasteiger partial charge on any atom is -0.379 e. The smallest absolute Gasteiger partial charge is 0.255 e. The number of morpholine rings is 1. The predicted molar refractivity (Wildman–Crippen MR) is 113 cm³/mol. The molecule has 0 bridgehead atoms. The van der Waals surface area contributed by atoms with Crippen LogP contribution in [0.15, 0.2) is 48.7 Å². The average molecular weight is 396 g/mol. The van der Waals surface area contributed by atoms with Crippen molar-refractivity contribution in [3.63, 3.8) is 0 Å². The molecule has 4 rings (SSSR count). The lowest BCUT2D eigenvalue weighted by Gasteiger charge is -2.35. The maximum Gasteiger partial charge on any atom is 0.255 e. The van der Waals surface area contributed by atoms with Crippen molar-refractivity contribution in [1.82, 2.24) is 20.5 Å². The summed E-state index contributed by atoms with van der Waals surface area (Å²) in [6.07, 6.45) is 1.76. The van der Waals surface area contributed by atoms with Gasteiger partial charge in [-0.25, -0.2) is 4.98 Å². The van der Waals surface area contributed by atoms with Crippen LogP contribution < -0.4 is 15.5 Å². The Hall–Kier alpha value is -2.48. The molecule has 0 spiro atoms. The zero-order valence-electron chi connectivity index (χ0n) is 16.7. The van der Waals surface area contributed by atoms with Crippen LogP contribution in [0.3, 0.4) is 0 Å². The van der Waals surface area contributed by atoms with Crippen LogP contribution in [0.5, 0.6) is 0 Å². The number of carbonyl (C=O) groups excluding carboxylic acids is 1. The third-order valence-corrected chi connectivity index (χ3v) is 5.53. The zero-order chi connectivity index (χ0) is 19.9. The van der Waals surface area contributed by atoms with E-state index in [1.165, 1.54) is 5.56 Å². The highest BCUT2D eigenvalue weighted by molar-refractivity contribution is 5.98. The molecule has 2 fully saturated rings. The number of pyridine rings is 1. The lowest BCUT2D eigenvalue weighted by Crippen LogP contribution is -2.47. The van der Waals surface area contributed by atoms with Gasteiger partial charge in [0, 0.05) is 58.1 Å². The van der Waals surface area contributed by atoms with Gasteiger partial charge in [-0.2, -0.15) is 0 Å². The second-order valence-corrected chi connectivity index (χ2v) is 7.45. The molecule has 2 N–H and O–H groups in total. The first-order valence-corrected chi connectivity index (χ1v) is 10.4. The van der Waals surface area contributed by atoms with Crippen molar-refractivity contribution in [3.8, 4) is 0 Å². The van der Waals surface area contributed by atoms with Crippen molar-refractivity contribution in [2.75, 3.05) is 63.9 Å². The number of nitrogens with one attached hydrogen (secondary N) is 2. The van der Waals surface area contributed by atoms with Crippen LogP contribution in [0, 0.1) is 0 Å².